The van der Waals surface area contributed by atoms with Gasteiger partial charge in [-0.05, 0) is 19.2 Å². The van der Waals surface area contributed by atoms with Crippen molar-refractivity contribution in [3.63, 3.8) is 0 Å². The molecule has 2 heterocycles. The molecule has 100 valence electrons. The Bertz CT molecular complexity index is 810. The van der Waals surface area contributed by atoms with Crippen LogP contribution in [0.1, 0.15) is 5.69 Å². The van der Waals surface area contributed by atoms with Crippen molar-refractivity contribution in [1.82, 2.24) is 20.3 Å². The Kier molecular flexibility index (Phi) is 3.26. The standard InChI is InChI=1S/C15H14N4O/c1-16-9-11-8-14(20)19-15(17-11)13-7-6-10-4-2-3-5-12(10)18-13/h2-8,16H,9H2,1H3,(H,17,19,20). The fraction of sp³-hybridized carbons (Fsp3) is 0.133. The quantitative estimate of drug-likeness (QED) is 0.757. The van der Waals surface area contributed by atoms with Crippen LogP contribution in [0.25, 0.3) is 22.4 Å². The summed E-state index contributed by atoms with van der Waals surface area (Å²) in [5.74, 6) is 0.494. The molecule has 3 aromatic rings. The van der Waals surface area contributed by atoms with E-state index >= 15 is 0 Å². The third-order valence-corrected chi connectivity index (χ3v) is 2.99. The van der Waals surface area contributed by atoms with Crippen molar-refractivity contribution < 1.29 is 0 Å². The van der Waals surface area contributed by atoms with Crippen molar-refractivity contribution in [1.29, 1.82) is 0 Å². The van der Waals surface area contributed by atoms with Crippen LogP contribution in [-0.2, 0) is 6.54 Å². The van der Waals surface area contributed by atoms with Crippen LogP contribution in [0, 0.1) is 0 Å². The van der Waals surface area contributed by atoms with Gasteiger partial charge in [-0.25, -0.2) is 9.97 Å². The van der Waals surface area contributed by atoms with Crippen LogP contribution in [0.5, 0.6) is 0 Å². The number of hydrogen-bond donors (Lipinski definition) is 2. The maximum atomic E-state index is 11.7. The summed E-state index contributed by atoms with van der Waals surface area (Å²) in [5, 5.41) is 4.04. The Morgan fingerprint density at radius 3 is 2.85 bits per heavy atom. The van der Waals surface area contributed by atoms with Crippen LogP contribution >= 0.6 is 0 Å². The van der Waals surface area contributed by atoms with Gasteiger partial charge in [0.1, 0.15) is 5.69 Å². The van der Waals surface area contributed by atoms with Gasteiger partial charge in [0.15, 0.2) is 5.82 Å². The van der Waals surface area contributed by atoms with Crippen LogP contribution < -0.4 is 10.9 Å². The fourth-order valence-electron chi connectivity index (χ4n) is 2.10. The highest BCUT2D eigenvalue weighted by Crippen LogP contribution is 2.17. The second kappa shape index (κ2) is 5.22. The maximum absolute atomic E-state index is 11.7. The molecule has 3 rings (SSSR count). The largest absolute Gasteiger partial charge is 0.314 e. The second-order valence-electron chi connectivity index (χ2n) is 4.50. The van der Waals surface area contributed by atoms with E-state index in [1.54, 1.807) is 0 Å². The molecular weight excluding hydrogens is 252 g/mol. The molecule has 0 saturated heterocycles. The van der Waals surface area contributed by atoms with Gasteiger partial charge < -0.3 is 10.3 Å². The summed E-state index contributed by atoms with van der Waals surface area (Å²) in [6, 6.07) is 13.2. The number of nitrogens with one attached hydrogen (secondary N) is 2. The predicted molar refractivity (Wildman–Crippen MR) is 78.4 cm³/mol. The average molecular weight is 266 g/mol. The topological polar surface area (TPSA) is 70.7 Å². The molecular formula is C15H14N4O. The number of aromatic nitrogens is 3. The molecule has 1 aromatic carbocycles. The zero-order valence-corrected chi connectivity index (χ0v) is 11.1. The molecule has 5 heteroatoms. The highest BCUT2D eigenvalue weighted by atomic mass is 16.1. The summed E-state index contributed by atoms with van der Waals surface area (Å²) in [6.07, 6.45) is 0. The summed E-state index contributed by atoms with van der Waals surface area (Å²) in [6.45, 7) is 0.546. The van der Waals surface area contributed by atoms with Crippen molar-refractivity contribution in [2.45, 2.75) is 6.54 Å². The Balaban J connectivity index is 2.12. The summed E-state index contributed by atoms with van der Waals surface area (Å²) < 4.78 is 0. The molecule has 2 N–H and O–H groups in total. The Hall–Kier alpha value is -2.53. The number of hydrogen-bond acceptors (Lipinski definition) is 4. The van der Waals surface area contributed by atoms with E-state index in [2.05, 4.69) is 20.3 Å². The van der Waals surface area contributed by atoms with E-state index in [1.807, 2.05) is 43.4 Å². The summed E-state index contributed by atoms with van der Waals surface area (Å²) in [4.78, 5) is 23.4. The van der Waals surface area contributed by atoms with E-state index < -0.39 is 0 Å². The lowest BCUT2D eigenvalue weighted by Gasteiger charge is -2.04. The minimum atomic E-state index is -0.171. The van der Waals surface area contributed by atoms with Crippen molar-refractivity contribution >= 4 is 10.9 Å². The van der Waals surface area contributed by atoms with E-state index in [0.29, 0.717) is 23.8 Å². The van der Waals surface area contributed by atoms with Crippen molar-refractivity contribution in [2.24, 2.45) is 0 Å². The summed E-state index contributed by atoms with van der Waals surface area (Å²) in [7, 11) is 1.82. The smallest absolute Gasteiger partial charge is 0.251 e. The number of benzene rings is 1. The van der Waals surface area contributed by atoms with Gasteiger partial charge in [-0.2, -0.15) is 0 Å². The third-order valence-electron chi connectivity index (χ3n) is 2.99. The van der Waals surface area contributed by atoms with E-state index in [0.717, 1.165) is 10.9 Å². The van der Waals surface area contributed by atoms with Crippen LogP contribution in [0.3, 0.4) is 0 Å². The van der Waals surface area contributed by atoms with Crippen LogP contribution in [0.2, 0.25) is 0 Å². The zero-order chi connectivity index (χ0) is 13.9. The molecule has 0 radical (unpaired) electrons. The van der Waals surface area contributed by atoms with Crippen molar-refractivity contribution in [3.05, 3.63) is 58.5 Å². The van der Waals surface area contributed by atoms with Gasteiger partial charge >= 0.3 is 0 Å². The summed E-state index contributed by atoms with van der Waals surface area (Å²) in [5.41, 5.74) is 2.07. The monoisotopic (exact) mass is 266 g/mol. The first-order chi connectivity index (χ1) is 9.76. The van der Waals surface area contributed by atoms with Gasteiger partial charge in [-0.3, -0.25) is 4.79 Å². The molecule has 0 aliphatic carbocycles. The molecule has 20 heavy (non-hydrogen) atoms. The normalized spacial score (nSPS) is 10.8. The molecule has 0 aliphatic rings. The fourth-order valence-corrected chi connectivity index (χ4v) is 2.10. The number of H-pyrrole nitrogens is 1. The minimum absolute atomic E-state index is 0.171. The van der Waals surface area contributed by atoms with Gasteiger partial charge in [-0.1, -0.05) is 24.3 Å². The SMILES string of the molecule is CNCc1cc(=O)[nH]c(-c2ccc3ccccc3n2)n1. The first kappa shape index (κ1) is 12.5. The molecule has 0 atom stereocenters. The molecule has 5 nitrogen and oxygen atoms in total. The van der Waals surface area contributed by atoms with Crippen molar-refractivity contribution in [3.8, 4) is 11.5 Å². The summed E-state index contributed by atoms with van der Waals surface area (Å²) >= 11 is 0. The number of aromatic amines is 1. The lowest BCUT2D eigenvalue weighted by molar-refractivity contribution is 0.784. The molecule has 0 fully saturated rings. The first-order valence-corrected chi connectivity index (χ1v) is 6.37. The Morgan fingerprint density at radius 1 is 1.15 bits per heavy atom. The molecule has 0 amide bonds. The highest BCUT2D eigenvalue weighted by Gasteiger charge is 2.06. The van der Waals surface area contributed by atoms with E-state index in [4.69, 9.17) is 0 Å². The number of pyridine rings is 1. The molecule has 0 saturated carbocycles. The number of para-hydroxylation sites is 1. The molecule has 0 bridgehead atoms. The number of nitrogens with zero attached hydrogens (tertiary/aromatic N) is 2. The van der Waals surface area contributed by atoms with Crippen molar-refractivity contribution in [2.75, 3.05) is 7.05 Å². The van der Waals surface area contributed by atoms with Gasteiger partial charge in [-0.15, -0.1) is 0 Å². The Morgan fingerprint density at radius 2 is 2.00 bits per heavy atom. The first-order valence-electron chi connectivity index (χ1n) is 6.37. The van der Waals surface area contributed by atoms with Crippen LogP contribution in [0.15, 0.2) is 47.3 Å². The van der Waals surface area contributed by atoms with Gasteiger partial charge in [0, 0.05) is 18.0 Å². The van der Waals surface area contributed by atoms with Crippen LogP contribution in [0.4, 0.5) is 0 Å². The highest BCUT2D eigenvalue weighted by molar-refractivity contribution is 5.80. The van der Waals surface area contributed by atoms with Crippen LogP contribution in [-0.4, -0.2) is 22.0 Å². The lowest BCUT2D eigenvalue weighted by atomic mass is 10.2. The molecule has 0 unspecified atom stereocenters. The van der Waals surface area contributed by atoms with E-state index in [9.17, 15) is 4.79 Å². The second-order valence-corrected chi connectivity index (χ2v) is 4.50. The number of rotatable bonds is 3. The predicted octanol–water partition coefficient (Wildman–Crippen LogP) is 1.70. The van der Waals surface area contributed by atoms with Gasteiger partial charge in [0.25, 0.3) is 5.56 Å². The Labute approximate surface area is 115 Å². The minimum Gasteiger partial charge on any atom is -0.314 e. The third kappa shape index (κ3) is 2.44. The maximum Gasteiger partial charge on any atom is 0.251 e. The van der Waals surface area contributed by atoms with Gasteiger partial charge in [0.05, 0.1) is 11.2 Å². The number of fused-ring (bicyclic) bond motifs is 1. The molecule has 0 spiro atoms. The molecule has 0 aliphatic heterocycles. The van der Waals surface area contributed by atoms with E-state index in [-0.39, 0.29) is 5.56 Å². The zero-order valence-electron chi connectivity index (χ0n) is 11.1. The molecule has 2 aromatic heterocycles. The average Bonchev–Trinajstić information content (AvgIpc) is 2.46. The lowest BCUT2D eigenvalue weighted by Crippen LogP contribution is -2.15. The van der Waals surface area contributed by atoms with E-state index in [1.165, 1.54) is 6.07 Å². The van der Waals surface area contributed by atoms with Gasteiger partial charge in [0.2, 0.25) is 0 Å².